The zero-order valence-corrected chi connectivity index (χ0v) is 19.0. The number of hydrogen-bond donors (Lipinski definition) is 1. The van der Waals surface area contributed by atoms with Crippen LogP contribution in [0, 0.1) is 25.6 Å². The van der Waals surface area contributed by atoms with Crippen molar-refractivity contribution >= 4 is 28.1 Å². The minimum atomic E-state index is -0.251. The Balaban J connectivity index is 1.42. The van der Waals surface area contributed by atoms with Crippen LogP contribution in [0.3, 0.4) is 0 Å². The average molecular weight is 449 g/mol. The SMILES string of the molecule is Cc1cncc(-c2sc(C)nc2C(=O)N(CCc2c[nH]c3ccc(F)cc23)CC2CC2)c1. The fraction of sp³-hybridized carbons (Fsp3) is 0.320. The summed E-state index contributed by atoms with van der Waals surface area (Å²) in [7, 11) is 0. The van der Waals surface area contributed by atoms with Crippen molar-refractivity contribution in [3.05, 3.63) is 70.5 Å². The first-order chi connectivity index (χ1) is 15.5. The summed E-state index contributed by atoms with van der Waals surface area (Å²) in [6, 6.07) is 6.81. The Morgan fingerprint density at radius 2 is 2.09 bits per heavy atom. The standard InChI is InChI=1S/C25H25FN4OS/c1-15-9-19(12-27-11-15)24-23(29-16(2)32-24)25(31)30(14-17-3-4-17)8-7-18-13-28-22-6-5-20(26)10-21(18)22/h5-6,9-13,17,28H,3-4,7-8,14H2,1-2H3. The molecular weight excluding hydrogens is 423 g/mol. The molecule has 0 atom stereocenters. The Labute approximate surface area is 190 Å². The molecule has 0 bridgehead atoms. The van der Waals surface area contributed by atoms with Gasteiger partial charge in [0.2, 0.25) is 0 Å². The van der Waals surface area contributed by atoms with Crippen LogP contribution in [0.4, 0.5) is 4.39 Å². The molecule has 1 amide bonds. The number of fused-ring (bicyclic) bond motifs is 1. The normalized spacial score (nSPS) is 13.6. The van der Waals surface area contributed by atoms with Gasteiger partial charge in [0.05, 0.1) is 9.88 Å². The number of hydrogen-bond acceptors (Lipinski definition) is 4. The van der Waals surface area contributed by atoms with E-state index in [9.17, 15) is 9.18 Å². The van der Waals surface area contributed by atoms with Crippen LogP contribution < -0.4 is 0 Å². The molecule has 0 unspecified atom stereocenters. The van der Waals surface area contributed by atoms with Crippen LogP contribution >= 0.6 is 11.3 Å². The number of amides is 1. The van der Waals surface area contributed by atoms with Crippen LogP contribution in [0.5, 0.6) is 0 Å². The van der Waals surface area contributed by atoms with Gasteiger partial charge in [-0.15, -0.1) is 11.3 Å². The number of benzene rings is 1. The van der Waals surface area contributed by atoms with Crippen LogP contribution in [0.1, 0.15) is 39.5 Å². The molecule has 1 fully saturated rings. The van der Waals surface area contributed by atoms with Gasteiger partial charge in [0.25, 0.3) is 5.91 Å². The molecule has 0 radical (unpaired) electrons. The number of carbonyl (C=O) groups is 1. The first kappa shape index (κ1) is 20.8. The van der Waals surface area contributed by atoms with Crippen molar-refractivity contribution in [3.63, 3.8) is 0 Å². The maximum absolute atomic E-state index is 13.8. The van der Waals surface area contributed by atoms with Gasteiger partial charge in [-0.1, -0.05) is 0 Å². The fourth-order valence-electron chi connectivity index (χ4n) is 4.10. The second-order valence-corrected chi connectivity index (χ2v) is 9.81. The van der Waals surface area contributed by atoms with Crippen molar-refractivity contribution in [1.82, 2.24) is 19.9 Å². The first-order valence-electron chi connectivity index (χ1n) is 10.9. The Hall–Kier alpha value is -3.06. The van der Waals surface area contributed by atoms with E-state index in [0.29, 0.717) is 24.6 Å². The molecule has 5 nitrogen and oxygen atoms in total. The van der Waals surface area contributed by atoms with Gasteiger partial charge in [0, 0.05) is 48.1 Å². The van der Waals surface area contributed by atoms with Crippen LogP contribution in [0.15, 0.2) is 42.9 Å². The van der Waals surface area contributed by atoms with E-state index < -0.39 is 0 Å². The third kappa shape index (κ3) is 4.30. The van der Waals surface area contributed by atoms with Crippen molar-refractivity contribution < 1.29 is 9.18 Å². The number of carbonyl (C=O) groups excluding carboxylic acids is 1. The molecule has 7 heteroatoms. The molecule has 164 valence electrons. The van der Waals surface area contributed by atoms with E-state index in [1.807, 2.05) is 37.2 Å². The molecular formula is C25H25FN4OS. The van der Waals surface area contributed by atoms with Gasteiger partial charge < -0.3 is 9.88 Å². The highest BCUT2D eigenvalue weighted by atomic mass is 32.1. The van der Waals surface area contributed by atoms with Gasteiger partial charge in [-0.3, -0.25) is 9.78 Å². The van der Waals surface area contributed by atoms with Gasteiger partial charge in [0.15, 0.2) is 0 Å². The summed E-state index contributed by atoms with van der Waals surface area (Å²) in [4.78, 5) is 28.6. The second-order valence-electron chi connectivity index (χ2n) is 8.61. The average Bonchev–Trinajstić information content (AvgIpc) is 3.38. The highest BCUT2D eigenvalue weighted by molar-refractivity contribution is 7.15. The molecule has 1 aromatic carbocycles. The van der Waals surface area contributed by atoms with Crippen molar-refractivity contribution in [2.75, 3.05) is 13.1 Å². The number of thiazole rings is 1. The van der Waals surface area contributed by atoms with Crippen LogP contribution in [-0.4, -0.2) is 38.8 Å². The molecule has 3 heterocycles. The lowest BCUT2D eigenvalue weighted by Gasteiger charge is -2.22. The molecule has 3 aromatic heterocycles. The number of aryl methyl sites for hydroxylation is 2. The van der Waals surface area contributed by atoms with E-state index in [1.165, 1.54) is 17.4 Å². The summed E-state index contributed by atoms with van der Waals surface area (Å²) in [6.45, 7) is 5.23. The van der Waals surface area contributed by atoms with Gasteiger partial charge in [0.1, 0.15) is 11.5 Å². The molecule has 1 aliphatic rings. The van der Waals surface area contributed by atoms with Crippen LogP contribution in [-0.2, 0) is 6.42 Å². The second kappa shape index (κ2) is 8.47. The zero-order valence-electron chi connectivity index (χ0n) is 18.2. The number of halogens is 1. The molecule has 0 aliphatic heterocycles. The fourth-order valence-corrected chi connectivity index (χ4v) is 4.99. The summed E-state index contributed by atoms with van der Waals surface area (Å²) < 4.78 is 13.8. The first-order valence-corrected chi connectivity index (χ1v) is 11.7. The van der Waals surface area contributed by atoms with E-state index >= 15 is 0 Å². The molecule has 0 saturated heterocycles. The van der Waals surface area contributed by atoms with Crippen LogP contribution in [0.25, 0.3) is 21.3 Å². The minimum Gasteiger partial charge on any atom is -0.361 e. The van der Waals surface area contributed by atoms with Crippen molar-refractivity contribution in [2.45, 2.75) is 33.1 Å². The molecule has 32 heavy (non-hydrogen) atoms. The Kier molecular flexibility index (Phi) is 5.51. The maximum atomic E-state index is 13.8. The van der Waals surface area contributed by atoms with Gasteiger partial charge in [-0.25, -0.2) is 9.37 Å². The van der Waals surface area contributed by atoms with E-state index in [-0.39, 0.29) is 11.7 Å². The maximum Gasteiger partial charge on any atom is 0.274 e. The number of nitrogens with zero attached hydrogens (tertiary/aromatic N) is 3. The Morgan fingerprint density at radius 1 is 1.25 bits per heavy atom. The summed E-state index contributed by atoms with van der Waals surface area (Å²) in [5, 5.41) is 1.74. The van der Waals surface area contributed by atoms with Crippen molar-refractivity contribution in [1.29, 1.82) is 0 Å². The summed E-state index contributed by atoms with van der Waals surface area (Å²) >= 11 is 1.53. The number of H-pyrrole nitrogens is 1. The largest absolute Gasteiger partial charge is 0.361 e. The summed E-state index contributed by atoms with van der Waals surface area (Å²) in [6.07, 6.45) is 8.50. The summed E-state index contributed by atoms with van der Waals surface area (Å²) in [5.41, 5.74) is 4.41. The third-order valence-corrected chi connectivity index (χ3v) is 6.94. The highest BCUT2D eigenvalue weighted by Gasteiger charge is 2.30. The minimum absolute atomic E-state index is 0.0382. The van der Waals surface area contributed by atoms with E-state index in [4.69, 9.17) is 0 Å². The van der Waals surface area contributed by atoms with E-state index in [2.05, 4.69) is 15.0 Å². The van der Waals surface area contributed by atoms with Gasteiger partial charge >= 0.3 is 0 Å². The molecule has 5 rings (SSSR count). The number of rotatable bonds is 7. The molecule has 4 aromatic rings. The molecule has 1 aliphatic carbocycles. The van der Waals surface area contributed by atoms with Gasteiger partial charge in [-0.2, -0.15) is 0 Å². The van der Waals surface area contributed by atoms with E-state index in [1.54, 1.807) is 18.3 Å². The number of aromatic nitrogens is 3. The highest BCUT2D eigenvalue weighted by Crippen LogP contribution is 2.34. The Bertz CT molecular complexity index is 1290. The molecule has 1 saturated carbocycles. The quantitative estimate of drug-likeness (QED) is 0.404. The lowest BCUT2D eigenvalue weighted by Crippen LogP contribution is -2.35. The summed E-state index contributed by atoms with van der Waals surface area (Å²) in [5.74, 6) is 0.269. The zero-order chi connectivity index (χ0) is 22.2. The van der Waals surface area contributed by atoms with Crippen molar-refractivity contribution in [2.24, 2.45) is 5.92 Å². The number of nitrogens with one attached hydrogen (secondary N) is 1. The smallest absolute Gasteiger partial charge is 0.274 e. The Morgan fingerprint density at radius 3 is 2.88 bits per heavy atom. The molecule has 0 spiro atoms. The molecule has 1 N–H and O–H groups in total. The monoisotopic (exact) mass is 448 g/mol. The number of pyridine rings is 1. The lowest BCUT2D eigenvalue weighted by atomic mass is 10.1. The predicted molar refractivity (Wildman–Crippen MR) is 125 cm³/mol. The van der Waals surface area contributed by atoms with E-state index in [0.717, 1.165) is 56.9 Å². The van der Waals surface area contributed by atoms with Crippen LogP contribution in [0.2, 0.25) is 0 Å². The van der Waals surface area contributed by atoms with Crippen molar-refractivity contribution in [3.8, 4) is 10.4 Å². The predicted octanol–water partition coefficient (Wildman–Crippen LogP) is 5.54. The van der Waals surface area contributed by atoms with Gasteiger partial charge in [-0.05, 0) is 74.4 Å². The topological polar surface area (TPSA) is 61.9 Å². The third-order valence-electron chi connectivity index (χ3n) is 5.92. The number of aromatic amines is 1. The lowest BCUT2D eigenvalue weighted by molar-refractivity contribution is 0.0745.